The van der Waals surface area contributed by atoms with Crippen molar-refractivity contribution in [2.45, 2.75) is 51.9 Å². The second-order valence-corrected chi connectivity index (χ2v) is 8.11. The normalized spacial score (nSPS) is 11.7. The van der Waals surface area contributed by atoms with Crippen molar-refractivity contribution in [1.29, 1.82) is 0 Å². The van der Waals surface area contributed by atoms with Crippen molar-refractivity contribution >= 4 is 34.2 Å². The van der Waals surface area contributed by atoms with Crippen LogP contribution >= 0.6 is 11.8 Å². The number of methoxy groups -OCH3 is 1. The number of rotatable bonds is 6. The van der Waals surface area contributed by atoms with Gasteiger partial charge in [0.15, 0.2) is 10.8 Å². The van der Waals surface area contributed by atoms with E-state index >= 15 is 0 Å². The maximum Gasteiger partial charge on any atom is 0.233 e. The Kier molecular flexibility index (Phi) is 5.60. The van der Waals surface area contributed by atoms with Gasteiger partial charge in [-0.05, 0) is 64.4 Å². The summed E-state index contributed by atoms with van der Waals surface area (Å²) in [5.74, 6) is 1.26. The van der Waals surface area contributed by atoms with Gasteiger partial charge in [-0.3, -0.25) is 9.20 Å². The number of hydrogen-bond donors (Lipinski definition) is 0. The molecule has 0 aliphatic heterocycles. The lowest BCUT2D eigenvalue weighted by Crippen LogP contribution is -2.43. The topological polar surface area (TPSA) is 59.7 Å². The van der Waals surface area contributed by atoms with E-state index < -0.39 is 0 Å². The summed E-state index contributed by atoms with van der Waals surface area (Å²) < 4.78 is 7.37. The fraction of sp³-hybridized carbons (Fsp3) is 0.450. The number of pyridine rings is 1. The molecule has 144 valence electrons. The van der Waals surface area contributed by atoms with Crippen LogP contribution in [0.25, 0.3) is 16.6 Å². The van der Waals surface area contributed by atoms with Gasteiger partial charge >= 0.3 is 0 Å². The van der Waals surface area contributed by atoms with Crippen LogP contribution in [0, 0.1) is 6.92 Å². The summed E-state index contributed by atoms with van der Waals surface area (Å²) in [6.45, 7) is 10.2. The molecule has 3 aromatic rings. The van der Waals surface area contributed by atoms with Gasteiger partial charge in [0.25, 0.3) is 0 Å². The van der Waals surface area contributed by atoms with E-state index in [0.29, 0.717) is 5.75 Å². The number of thioether (sulfide) groups is 1. The predicted molar refractivity (Wildman–Crippen MR) is 110 cm³/mol. The lowest BCUT2D eigenvalue weighted by Gasteiger charge is -2.30. The Bertz CT molecular complexity index is 973. The predicted octanol–water partition coefficient (Wildman–Crippen LogP) is 3.94. The molecule has 0 aliphatic rings. The van der Waals surface area contributed by atoms with Gasteiger partial charge < -0.3 is 9.64 Å². The van der Waals surface area contributed by atoms with Crippen molar-refractivity contribution in [1.82, 2.24) is 19.5 Å². The van der Waals surface area contributed by atoms with Crippen LogP contribution in [0.1, 0.15) is 33.3 Å². The van der Waals surface area contributed by atoms with Crippen molar-refractivity contribution in [2.24, 2.45) is 0 Å². The summed E-state index contributed by atoms with van der Waals surface area (Å²) in [5.41, 5.74) is 2.85. The van der Waals surface area contributed by atoms with Gasteiger partial charge in [-0.15, -0.1) is 10.2 Å². The molecule has 2 heterocycles. The van der Waals surface area contributed by atoms with Crippen LogP contribution in [0.3, 0.4) is 0 Å². The van der Waals surface area contributed by atoms with Gasteiger partial charge in [0.2, 0.25) is 5.91 Å². The first-order chi connectivity index (χ1) is 12.8. The van der Waals surface area contributed by atoms with Gasteiger partial charge in [-0.2, -0.15) is 0 Å². The molecule has 0 unspecified atom stereocenters. The molecule has 7 heteroatoms. The number of fused-ring (bicyclic) bond motifs is 3. The van der Waals surface area contributed by atoms with Crippen LogP contribution in [0.2, 0.25) is 0 Å². The highest BCUT2D eigenvalue weighted by molar-refractivity contribution is 7.99. The molecule has 1 amide bonds. The Morgan fingerprint density at radius 3 is 2.52 bits per heavy atom. The highest BCUT2D eigenvalue weighted by Gasteiger charge is 2.21. The molecule has 3 rings (SSSR count). The standard InChI is InChI=1S/C20H26N4O2S/c1-12(2)23(13(3)4)18(25)11-27-20-22-21-19-14(5)9-15-10-16(26-6)7-8-17(15)24(19)20/h7-10,12-13H,11H2,1-6H3. The summed E-state index contributed by atoms with van der Waals surface area (Å²) in [4.78, 5) is 14.6. The molecule has 0 atom stereocenters. The molecule has 0 saturated carbocycles. The monoisotopic (exact) mass is 386 g/mol. The molecule has 0 fully saturated rings. The number of carbonyl (C=O) groups is 1. The molecule has 0 radical (unpaired) electrons. The summed E-state index contributed by atoms with van der Waals surface area (Å²) in [7, 11) is 1.66. The zero-order chi connectivity index (χ0) is 19.7. The molecule has 27 heavy (non-hydrogen) atoms. The molecule has 1 aromatic carbocycles. The van der Waals surface area contributed by atoms with Crippen LogP contribution in [0.15, 0.2) is 29.4 Å². The van der Waals surface area contributed by atoms with E-state index in [9.17, 15) is 4.79 Å². The van der Waals surface area contributed by atoms with Crippen molar-refractivity contribution in [3.8, 4) is 5.75 Å². The Hall–Kier alpha value is -2.28. The Balaban J connectivity index is 1.97. The first-order valence-corrected chi connectivity index (χ1v) is 10.1. The largest absolute Gasteiger partial charge is 0.497 e. The van der Waals surface area contributed by atoms with Crippen molar-refractivity contribution in [3.63, 3.8) is 0 Å². The van der Waals surface area contributed by atoms with Crippen molar-refractivity contribution < 1.29 is 9.53 Å². The molecule has 0 spiro atoms. The second kappa shape index (κ2) is 7.76. The molecule has 0 bridgehead atoms. The lowest BCUT2D eigenvalue weighted by atomic mass is 10.1. The third-order valence-corrected chi connectivity index (χ3v) is 5.47. The Morgan fingerprint density at radius 1 is 1.19 bits per heavy atom. The quantitative estimate of drug-likeness (QED) is 0.601. The number of nitrogens with zero attached hydrogens (tertiary/aromatic N) is 4. The maximum atomic E-state index is 12.7. The van der Waals surface area contributed by atoms with Gasteiger partial charge in [0.05, 0.1) is 18.4 Å². The third kappa shape index (κ3) is 3.74. The second-order valence-electron chi connectivity index (χ2n) is 7.17. The highest BCUT2D eigenvalue weighted by atomic mass is 32.2. The molecule has 6 nitrogen and oxygen atoms in total. The van der Waals surface area contributed by atoms with Crippen LogP contribution in [-0.2, 0) is 4.79 Å². The first-order valence-electron chi connectivity index (χ1n) is 9.10. The molecule has 0 saturated heterocycles. The van der Waals surface area contributed by atoms with E-state index in [2.05, 4.69) is 16.3 Å². The van der Waals surface area contributed by atoms with E-state index in [-0.39, 0.29) is 18.0 Å². The number of hydrogen-bond acceptors (Lipinski definition) is 5. The highest BCUT2D eigenvalue weighted by Crippen LogP contribution is 2.28. The molecular weight excluding hydrogens is 360 g/mol. The minimum Gasteiger partial charge on any atom is -0.497 e. The van der Waals surface area contributed by atoms with E-state index in [4.69, 9.17) is 4.74 Å². The number of carbonyl (C=O) groups excluding carboxylic acids is 1. The fourth-order valence-corrected chi connectivity index (χ4v) is 4.30. The lowest BCUT2D eigenvalue weighted by molar-refractivity contribution is -0.131. The SMILES string of the molecule is COc1ccc2c(c1)cc(C)c1nnc(SCC(=O)N(C(C)C)C(C)C)n12. The number of benzene rings is 1. The Labute approximate surface area is 163 Å². The van der Waals surface area contributed by atoms with Gasteiger partial charge in [0.1, 0.15) is 5.75 Å². The minimum absolute atomic E-state index is 0.111. The summed E-state index contributed by atoms with van der Waals surface area (Å²) >= 11 is 1.43. The van der Waals surface area contributed by atoms with Crippen LogP contribution in [0.4, 0.5) is 0 Å². The number of aromatic nitrogens is 3. The zero-order valence-corrected chi connectivity index (χ0v) is 17.5. The smallest absolute Gasteiger partial charge is 0.233 e. The number of ether oxygens (including phenoxy) is 1. The maximum absolute atomic E-state index is 12.7. The molecule has 0 N–H and O–H groups in total. The van der Waals surface area contributed by atoms with Gasteiger partial charge in [0, 0.05) is 17.5 Å². The van der Waals surface area contributed by atoms with Crippen LogP contribution in [0.5, 0.6) is 5.75 Å². The minimum atomic E-state index is 0.111. The van der Waals surface area contributed by atoms with Crippen LogP contribution in [-0.4, -0.2) is 50.4 Å². The molecular formula is C20H26N4O2S. The first kappa shape index (κ1) is 19.5. The molecule has 2 aromatic heterocycles. The van der Waals surface area contributed by atoms with Crippen molar-refractivity contribution in [3.05, 3.63) is 29.8 Å². The summed E-state index contributed by atoms with van der Waals surface area (Å²) in [6.07, 6.45) is 0. The fourth-order valence-electron chi connectivity index (χ4n) is 3.49. The average molecular weight is 387 g/mol. The summed E-state index contributed by atoms with van der Waals surface area (Å²) in [5, 5.41) is 10.5. The van der Waals surface area contributed by atoms with Crippen molar-refractivity contribution in [2.75, 3.05) is 12.9 Å². The summed E-state index contributed by atoms with van der Waals surface area (Å²) in [6, 6.07) is 8.36. The third-order valence-electron chi connectivity index (χ3n) is 4.56. The van der Waals surface area contributed by atoms with Gasteiger partial charge in [-0.1, -0.05) is 11.8 Å². The van der Waals surface area contributed by atoms with Gasteiger partial charge in [-0.25, -0.2) is 0 Å². The van der Waals surface area contributed by atoms with E-state index in [1.54, 1.807) is 7.11 Å². The zero-order valence-electron chi connectivity index (χ0n) is 16.7. The number of amides is 1. The average Bonchev–Trinajstić information content (AvgIpc) is 3.03. The van der Waals surface area contributed by atoms with Crippen LogP contribution < -0.4 is 4.74 Å². The van der Waals surface area contributed by atoms with E-state index in [1.807, 2.05) is 62.1 Å². The number of aryl methyl sites for hydroxylation is 1. The molecule has 0 aliphatic carbocycles. The Morgan fingerprint density at radius 2 is 1.89 bits per heavy atom. The van der Waals surface area contributed by atoms with E-state index in [1.165, 1.54) is 11.8 Å². The van der Waals surface area contributed by atoms with E-state index in [0.717, 1.165) is 33.0 Å².